The Bertz CT molecular complexity index is 1250. The maximum absolute atomic E-state index is 12.9. The van der Waals surface area contributed by atoms with E-state index < -0.39 is 6.10 Å². The van der Waals surface area contributed by atoms with Crippen LogP contribution in [0, 0.1) is 0 Å². The van der Waals surface area contributed by atoms with E-state index in [4.69, 9.17) is 14.2 Å². The Morgan fingerprint density at radius 2 is 0.522 bits per heavy atom. The van der Waals surface area contributed by atoms with Gasteiger partial charge in [-0.25, -0.2) is 0 Å². The molecular formula is C63H112O6. The van der Waals surface area contributed by atoms with Crippen molar-refractivity contribution in [1.82, 2.24) is 0 Å². The average Bonchev–Trinajstić information content (AvgIpc) is 3.35. The van der Waals surface area contributed by atoms with Crippen LogP contribution in [0.5, 0.6) is 0 Å². The number of rotatable bonds is 54. The van der Waals surface area contributed by atoms with E-state index >= 15 is 0 Å². The molecule has 6 heteroatoms. The van der Waals surface area contributed by atoms with Gasteiger partial charge in [0.2, 0.25) is 0 Å². The molecule has 0 aliphatic carbocycles. The lowest BCUT2D eigenvalue weighted by Crippen LogP contribution is -2.30. The summed E-state index contributed by atoms with van der Waals surface area (Å²) in [5.41, 5.74) is 0. The fraction of sp³-hybridized carbons (Fsp3) is 0.794. The van der Waals surface area contributed by atoms with E-state index in [1.54, 1.807) is 0 Å². The number of ether oxygens (including phenoxy) is 3. The van der Waals surface area contributed by atoms with Crippen molar-refractivity contribution in [2.45, 2.75) is 309 Å². The van der Waals surface area contributed by atoms with Crippen LogP contribution in [0.2, 0.25) is 0 Å². The third-order valence-electron chi connectivity index (χ3n) is 13.0. The fourth-order valence-corrected chi connectivity index (χ4v) is 8.48. The van der Waals surface area contributed by atoms with Gasteiger partial charge in [0, 0.05) is 19.3 Å². The molecule has 0 heterocycles. The molecule has 0 aliphatic heterocycles. The Morgan fingerprint density at radius 3 is 0.841 bits per heavy atom. The molecule has 0 saturated carbocycles. The maximum atomic E-state index is 12.9. The average molecular weight is 966 g/mol. The zero-order valence-corrected chi connectivity index (χ0v) is 45.8. The molecule has 0 aromatic heterocycles. The minimum absolute atomic E-state index is 0.0819. The summed E-state index contributed by atoms with van der Waals surface area (Å²) in [6.45, 7) is 6.60. The summed E-state index contributed by atoms with van der Waals surface area (Å²) < 4.78 is 16.9. The van der Waals surface area contributed by atoms with Crippen molar-refractivity contribution in [2.24, 2.45) is 0 Å². The maximum Gasteiger partial charge on any atom is 0.306 e. The van der Waals surface area contributed by atoms with E-state index in [-0.39, 0.29) is 31.1 Å². The number of unbranched alkanes of at least 4 members (excludes halogenated alkanes) is 33. The fourth-order valence-electron chi connectivity index (χ4n) is 8.48. The van der Waals surface area contributed by atoms with E-state index in [9.17, 15) is 14.4 Å². The Labute approximate surface area is 428 Å². The van der Waals surface area contributed by atoms with Crippen LogP contribution >= 0.6 is 0 Å². The van der Waals surface area contributed by atoms with Crippen LogP contribution in [0.15, 0.2) is 60.8 Å². The molecule has 0 saturated heterocycles. The van der Waals surface area contributed by atoms with Crippen molar-refractivity contribution >= 4 is 17.9 Å². The highest BCUT2D eigenvalue weighted by Crippen LogP contribution is 2.16. The summed E-state index contributed by atoms with van der Waals surface area (Å²) in [6, 6.07) is 0. The molecule has 0 unspecified atom stereocenters. The van der Waals surface area contributed by atoms with Crippen LogP contribution in [-0.4, -0.2) is 37.2 Å². The van der Waals surface area contributed by atoms with Gasteiger partial charge in [0.25, 0.3) is 0 Å². The molecule has 0 aromatic rings. The van der Waals surface area contributed by atoms with Crippen LogP contribution in [0.4, 0.5) is 0 Å². The van der Waals surface area contributed by atoms with E-state index in [0.29, 0.717) is 19.3 Å². The van der Waals surface area contributed by atoms with Crippen molar-refractivity contribution in [3.8, 4) is 0 Å². The van der Waals surface area contributed by atoms with E-state index in [2.05, 4.69) is 81.5 Å². The molecule has 400 valence electrons. The Balaban J connectivity index is 4.40. The van der Waals surface area contributed by atoms with Gasteiger partial charge < -0.3 is 14.2 Å². The molecule has 69 heavy (non-hydrogen) atoms. The highest BCUT2D eigenvalue weighted by Gasteiger charge is 2.19. The van der Waals surface area contributed by atoms with Crippen LogP contribution in [0.3, 0.4) is 0 Å². The van der Waals surface area contributed by atoms with Crippen molar-refractivity contribution in [3.05, 3.63) is 60.8 Å². The lowest BCUT2D eigenvalue weighted by molar-refractivity contribution is -0.167. The summed E-state index contributed by atoms with van der Waals surface area (Å²) in [4.78, 5) is 38.2. The summed E-state index contributed by atoms with van der Waals surface area (Å²) in [5, 5.41) is 0. The van der Waals surface area contributed by atoms with Crippen LogP contribution in [0.1, 0.15) is 303 Å². The number of hydrogen-bond acceptors (Lipinski definition) is 6. The molecule has 0 rings (SSSR count). The van der Waals surface area contributed by atoms with Gasteiger partial charge in [-0.15, -0.1) is 0 Å². The highest BCUT2D eigenvalue weighted by atomic mass is 16.6. The number of allylic oxidation sites excluding steroid dienone is 10. The van der Waals surface area contributed by atoms with Crippen LogP contribution < -0.4 is 0 Å². The van der Waals surface area contributed by atoms with E-state index in [0.717, 1.165) is 89.9 Å². The lowest BCUT2D eigenvalue weighted by atomic mass is 10.0. The summed E-state index contributed by atoms with van der Waals surface area (Å²) in [7, 11) is 0. The van der Waals surface area contributed by atoms with Gasteiger partial charge in [-0.3, -0.25) is 14.4 Å². The second kappa shape index (κ2) is 57.7. The third kappa shape index (κ3) is 55.9. The second-order valence-corrected chi connectivity index (χ2v) is 19.9. The molecule has 0 amide bonds. The first-order chi connectivity index (χ1) is 34.0. The molecule has 0 N–H and O–H groups in total. The summed E-state index contributed by atoms with van der Waals surface area (Å²) in [5.74, 6) is -0.894. The molecule has 0 radical (unpaired) electrons. The van der Waals surface area contributed by atoms with Gasteiger partial charge in [-0.2, -0.15) is 0 Å². The Morgan fingerprint density at radius 1 is 0.290 bits per heavy atom. The number of hydrogen-bond donors (Lipinski definition) is 0. The smallest absolute Gasteiger partial charge is 0.306 e. The first kappa shape index (κ1) is 66.1. The lowest BCUT2D eigenvalue weighted by Gasteiger charge is -2.18. The number of carbonyl (C=O) groups excluding carboxylic acids is 3. The zero-order chi connectivity index (χ0) is 50.0. The number of esters is 3. The van der Waals surface area contributed by atoms with Gasteiger partial charge in [-0.1, -0.05) is 255 Å². The quantitative estimate of drug-likeness (QED) is 0.0262. The largest absolute Gasteiger partial charge is 0.462 e. The molecule has 0 spiro atoms. The molecular weight excluding hydrogens is 853 g/mol. The van der Waals surface area contributed by atoms with Crippen molar-refractivity contribution < 1.29 is 28.6 Å². The minimum atomic E-state index is -0.786. The van der Waals surface area contributed by atoms with Crippen LogP contribution in [0.25, 0.3) is 0 Å². The summed E-state index contributed by atoms with van der Waals surface area (Å²) in [6.07, 6.45) is 72.0. The van der Waals surface area contributed by atoms with Crippen molar-refractivity contribution in [2.75, 3.05) is 13.2 Å². The normalized spacial score (nSPS) is 12.4. The van der Waals surface area contributed by atoms with Gasteiger partial charge in [0.15, 0.2) is 6.10 Å². The van der Waals surface area contributed by atoms with E-state index in [1.165, 1.54) is 173 Å². The molecule has 1 atom stereocenters. The molecule has 0 aliphatic rings. The predicted molar refractivity (Wildman–Crippen MR) is 298 cm³/mol. The molecule has 6 nitrogen and oxygen atoms in total. The number of carbonyl (C=O) groups is 3. The van der Waals surface area contributed by atoms with E-state index in [1.807, 2.05) is 0 Å². The Kier molecular flexibility index (Phi) is 55.3. The first-order valence-corrected chi connectivity index (χ1v) is 29.8. The summed E-state index contributed by atoms with van der Waals surface area (Å²) >= 11 is 0. The highest BCUT2D eigenvalue weighted by molar-refractivity contribution is 5.71. The van der Waals surface area contributed by atoms with Gasteiger partial charge in [-0.05, 0) is 89.9 Å². The molecule has 0 aromatic carbocycles. The Hall–Kier alpha value is -2.89. The zero-order valence-electron chi connectivity index (χ0n) is 45.8. The van der Waals surface area contributed by atoms with Crippen molar-refractivity contribution in [3.63, 3.8) is 0 Å². The van der Waals surface area contributed by atoms with Gasteiger partial charge in [0.05, 0.1) is 0 Å². The first-order valence-electron chi connectivity index (χ1n) is 29.8. The SMILES string of the molecule is CCCCC/C=C/C/C=C/C/C=C/CCCCCCC(=O)O[C@@H](COC(=O)CCCCCCCCCCC/C=C/C/C=C/CCCCC)COC(=O)CCCCCCCCCCCCCCCCC. The minimum Gasteiger partial charge on any atom is -0.462 e. The molecule has 0 fully saturated rings. The monoisotopic (exact) mass is 965 g/mol. The third-order valence-corrected chi connectivity index (χ3v) is 13.0. The molecule has 0 bridgehead atoms. The van der Waals surface area contributed by atoms with Crippen molar-refractivity contribution in [1.29, 1.82) is 0 Å². The second-order valence-electron chi connectivity index (χ2n) is 19.9. The van der Waals surface area contributed by atoms with Gasteiger partial charge >= 0.3 is 17.9 Å². The van der Waals surface area contributed by atoms with Crippen LogP contribution in [-0.2, 0) is 28.6 Å². The predicted octanol–water partition coefficient (Wildman–Crippen LogP) is 20.0. The topological polar surface area (TPSA) is 78.9 Å². The van der Waals surface area contributed by atoms with Gasteiger partial charge in [0.1, 0.15) is 13.2 Å². The standard InChI is InChI=1S/C63H112O6/c1-4-7-10-13-16-19-22-25-28-30-31-33-35-38-41-44-47-50-53-56-62(65)68-59-60(58-67-61(64)55-52-49-46-43-40-37-34-27-24-21-18-15-12-9-6-3)69-63(66)57-54-51-48-45-42-39-36-32-29-26-23-20-17-14-11-8-5-2/h16-17,19-20,25-26,28-29,36,39,60H,4-15,18,21-24,27,30-35,37-38,40-59H2,1-3H3/b19-16+,20-17+,28-25+,29-26+,39-36+/t60-/m1/s1.